The van der Waals surface area contributed by atoms with Crippen molar-refractivity contribution in [1.29, 1.82) is 0 Å². The van der Waals surface area contributed by atoms with Crippen molar-refractivity contribution in [2.24, 2.45) is 5.10 Å². The topological polar surface area (TPSA) is 60.0 Å². The van der Waals surface area contributed by atoms with E-state index in [-0.39, 0.29) is 18.3 Å². The Balaban J connectivity index is 1.54. The molecule has 0 spiro atoms. The Kier molecular flexibility index (Phi) is 7.41. The van der Waals surface area contributed by atoms with E-state index in [4.69, 9.17) is 0 Å². The summed E-state index contributed by atoms with van der Waals surface area (Å²) in [7, 11) is 0. The van der Waals surface area contributed by atoms with Crippen molar-refractivity contribution in [3.05, 3.63) is 59.4 Å². The van der Waals surface area contributed by atoms with Gasteiger partial charge in [-0.15, -0.1) is 0 Å². The zero-order valence-electron chi connectivity index (χ0n) is 17.9. The van der Waals surface area contributed by atoms with Gasteiger partial charge in [-0.05, 0) is 44.7 Å². The number of benzene rings is 2. The molecule has 1 amide bonds. The highest BCUT2D eigenvalue weighted by Crippen LogP contribution is 2.22. The first-order valence-electron chi connectivity index (χ1n) is 10.4. The summed E-state index contributed by atoms with van der Waals surface area (Å²) in [5.41, 5.74) is 6.37. The van der Waals surface area contributed by atoms with Crippen LogP contribution in [-0.4, -0.2) is 55.8 Å². The minimum atomic E-state index is -0.264. The van der Waals surface area contributed by atoms with Crippen molar-refractivity contribution in [2.75, 3.05) is 49.5 Å². The van der Waals surface area contributed by atoms with Crippen LogP contribution in [0.25, 0.3) is 0 Å². The molecular weight excluding hydrogens is 381 g/mol. The predicted octanol–water partition coefficient (Wildman–Crippen LogP) is 3.23. The van der Waals surface area contributed by atoms with Crippen molar-refractivity contribution in [2.45, 2.75) is 20.8 Å². The van der Waals surface area contributed by atoms with Gasteiger partial charge in [0.1, 0.15) is 5.82 Å². The van der Waals surface area contributed by atoms with Gasteiger partial charge in [0.15, 0.2) is 0 Å². The fourth-order valence-corrected chi connectivity index (χ4v) is 3.40. The van der Waals surface area contributed by atoms with E-state index in [1.807, 2.05) is 37.3 Å². The number of nitrogens with zero attached hydrogens (tertiary/aromatic N) is 3. The van der Waals surface area contributed by atoms with Crippen LogP contribution in [-0.2, 0) is 4.79 Å². The Morgan fingerprint density at radius 2 is 1.80 bits per heavy atom. The number of amides is 1. The second-order valence-corrected chi connectivity index (χ2v) is 7.54. The van der Waals surface area contributed by atoms with Crippen molar-refractivity contribution in [3.63, 3.8) is 0 Å². The quantitative estimate of drug-likeness (QED) is 0.543. The minimum absolute atomic E-state index is 0.108. The molecule has 0 unspecified atom stereocenters. The number of hydrogen-bond acceptors (Lipinski definition) is 5. The van der Waals surface area contributed by atoms with E-state index in [0.717, 1.165) is 44.0 Å². The number of carbonyl (C=O) groups excluding carboxylic acids is 1. The van der Waals surface area contributed by atoms with Crippen LogP contribution < -0.4 is 15.6 Å². The number of nitrogens with one attached hydrogen (secondary N) is 2. The summed E-state index contributed by atoms with van der Waals surface area (Å²) in [6.07, 6.45) is 0. The van der Waals surface area contributed by atoms with E-state index in [0.29, 0.717) is 17.0 Å². The number of anilines is 2. The minimum Gasteiger partial charge on any atom is -0.376 e. The number of carbonyl (C=O) groups is 1. The summed E-state index contributed by atoms with van der Waals surface area (Å²) < 4.78 is 14.7. The molecule has 0 radical (unpaired) electrons. The molecule has 1 saturated heterocycles. The summed E-state index contributed by atoms with van der Waals surface area (Å²) in [4.78, 5) is 16.5. The third-order valence-electron chi connectivity index (χ3n) is 5.38. The third kappa shape index (κ3) is 5.79. The average Bonchev–Trinajstić information content (AvgIpc) is 2.77. The normalized spacial score (nSPS) is 15.2. The molecule has 0 aliphatic carbocycles. The Hall–Kier alpha value is -2.93. The lowest BCUT2D eigenvalue weighted by Gasteiger charge is -2.35. The van der Waals surface area contributed by atoms with E-state index in [9.17, 15) is 9.18 Å². The zero-order valence-corrected chi connectivity index (χ0v) is 17.9. The first-order chi connectivity index (χ1) is 14.5. The van der Waals surface area contributed by atoms with Gasteiger partial charge in [-0.3, -0.25) is 4.79 Å². The number of halogens is 1. The Morgan fingerprint density at radius 1 is 1.10 bits per heavy atom. The van der Waals surface area contributed by atoms with Gasteiger partial charge in [-0.2, -0.15) is 5.10 Å². The molecule has 160 valence electrons. The number of hydrogen-bond donors (Lipinski definition) is 2. The molecule has 2 aromatic carbocycles. The molecular formula is C23H30FN5O. The summed E-state index contributed by atoms with van der Waals surface area (Å²) >= 11 is 0. The molecule has 1 aliphatic heterocycles. The van der Waals surface area contributed by atoms with Crippen molar-refractivity contribution >= 4 is 23.0 Å². The first-order valence-corrected chi connectivity index (χ1v) is 10.4. The van der Waals surface area contributed by atoms with Gasteiger partial charge in [0.2, 0.25) is 0 Å². The number of rotatable bonds is 7. The second-order valence-electron chi connectivity index (χ2n) is 7.54. The number of aryl methyl sites for hydroxylation is 1. The molecule has 2 aromatic rings. The Morgan fingerprint density at radius 3 is 2.43 bits per heavy atom. The van der Waals surface area contributed by atoms with E-state index in [1.165, 1.54) is 6.07 Å². The molecule has 1 heterocycles. The van der Waals surface area contributed by atoms with Crippen molar-refractivity contribution in [3.8, 4) is 0 Å². The van der Waals surface area contributed by atoms with Crippen molar-refractivity contribution < 1.29 is 9.18 Å². The fourth-order valence-electron chi connectivity index (χ4n) is 3.40. The van der Waals surface area contributed by atoms with Gasteiger partial charge in [-0.1, -0.05) is 30.7 Å². The maximum absolute atomic E-state index is 14.7. The van der Waals surface area contributed by atoms with Crippen LogP contribution in [0.1, 0.15) is 25.0 Å². The van der Waals surface area contributed by atoms with Crippen molar-refractivity contribution in [1.82, 2.24) is 10.3 Å². The van der Waals surface area contributed by atoms with Gasteiger partial charge in [0, 0.05) is 37.4 Å². The van der Waals surface area contributed by atoms with Crippen LogP contribution in [0.2, 0.25) is 0 Å². The monoisotopic (exact) mass is 411 g/mol. The second kappa shape index (κ2) is 10.2. The SMILES string of the molecule is CCN1CCN(c2ccc(/C(C)=N\NC(=O)CNc3ccc(C)cc3)cc2F)CC1. The molecule has 0 atom stereocenters. The van der Waals surface area contributed by atoms with E-state index in [2.05, 4.69) is 32.6 Å². The lowest BCUT2D eigenvalue weighted by molar-refractivity contribution is -0.119. The summed E-state index contributed by atoms with van der Waals surface area (Å²) in [6, 6.07) is 12.9. The summed E-state index contributed by atoms with van der Waals surface area (Å²) in [6.45, 7) is 10.6. The van der Waals surface area contributed by atoms with Gasteiger partial charge < -0.3 is 15.1 Å². The number of likely N-dealkylation sites (N-methyl/N-ethyl adjacent to an activating group) is 1. The lowest BCUT2D eigenvalue weighted by atomic mass is 10.1. The molecule has 7 heteroatoms. The molecule has 0 aromatic heterocycles. The van der Waals surface area contributed by atoms with E-state index < -0.39 is 0 Å². The average molecular weight is 412 g/mol. The van der Waals surface area contributed by atoms with Gasteiger partial charge >= 0.3 is 0 Å². The highest BCUT2D eigenvalue weighted by atomic mass is 19.1. The predicted molar refractivity (Wildman–Crippen MR) is 121 cm³/mol. The fraction of sp³-hybridized carbons (Fsp3) is 0.391. The maximum atomic E-state index is 14.7. The van der Waals surface area contributed by atoms with Gasteiger partial charge in [-0.25, -0.2) is 9.82 Å². The summed E-state index contributed by atoms with van der Waals surface area (Å²) in [5, 5.41) is 7.16. The molecule has 3 rings (SSSR count). The number of hydrazone groups is 1. The first kappa shape index (κ1) is 21.8. The van der Waals surface area contributed by atoms with E-state index in [1.54, 1.807) is 13.0 Å². The Bertz CT molecular complexity index is 889. The van der Waals surface area contributed by atoms with Crippen LogP contribution in [0, 0.1) is 12.7 Å². The molecule has 1 aliphatic rings. The smallest absolute Gasteiger partial charge is 0.259 e. The van der Waals surface area contributed by atoms with Crippen LogP contribution in [0.3, 0.4) is 0 Å². The zero-order chi connectivity index (χ0) is 21.5. The van der Waals surface area contributed by atoms with E-state index >= 15 is 0 Å². The highest BCUT2D eigenvalue weighted by molar-refractivity contribution is 5.99. The molecule has 0 saturated carbocycles. The molecule has 6 nitrogen and oxygen atoms in total. The third-order valence-corrected chi connectivity index (χ3v) is 5.38. The lowest BCUT2D eigenvalue weighted by Crippen LogP contribution is -2.46. The maximum Gasteiger partial charge on any atom is 0.259 e. The largest absolute Gasteiger partial charge is 0.376 e. The molecule has 0 bridgehead atoms. The molecule has 1 fully saturated rings. The van der Waals surface area contributed by atoms with Crippen LogP contribution in [0.15, 0.2) is 47.6 Å². The van der Waals surface area contributed by atoms with Crippen LogP contribution in [0.4, 0.5) is 15.8 Å². The highest BCUT2D eigenvalue weighted by Gasteiger charge is 2.18. The molecule has 2 N–H and O–H groups in total. The van der Waals surface area contributed by atoms with Crippen LogP contribution >= 0.6 is 0 Å². The van der Waals surface area contributed by atoms with Gasteiger partial charge in [0.05, 0.1) is 17.9 Å². The van der Waals surface area contributed by atoms with Crippen LogP contribution in [0.5, 0.6) is 0 Å². The number of piperazine rings is 1. The molecule has 30 heavy (non-hydrogen) atoms. The summed E-state index contributed by atoms with van der Waals surface area (Å²) in [5.74, 6) is -0.528. The standard InChI is InChI=1S/C23H30FN5O/c1-4-28-11-13-29(14-12-28)22-10-7-19(15-21(22)24)18(3)26-27-23(30)16-25-20-8-5-17(2)6-9-20/h5-10,15,25H,4,11-14,16H2,1-3H3,(H,27,30)/b26-18-. The Labute approximate surface area is 177 Å². The van der Waals surface area contributed by atoms with Gasteiger partial charge in [0.25, 0.3) is 5.91 Å².